The van der Waals surface area contributed by atoms with Gasteiger partial charge >= 0.3 is 22.6 Å². The van der Waals surface area contributed by atoms with E-state index >= 15 is 0 Å². The van der Waals surface area contributed by atoms with Gasteiger partial charge in [0, 0.05) is 34.6 Å². The summed E-state index contributed by atoms with van der Waals surface area (Å²) >= 11 is 0. The van der Waals surface area contributed by atoms with Crippen molar-refractivity contribution in [3.63, 3.8) is 0 Å². The molecule has 2 bridgehead atoms. The Balaban J connectivity index is 0.000000519. The number of fused-ring (bicyclic) bond motifs is 2. The number of imide groups is 1. The van der Waals surface area contributed by atoms with E-state index in [1.54, 1.807) is 69.6 Å². The summed E-state index contributed by atoms with van der Waals surface area (Å²) in [6.45, 7) is 5.08. The van der Waals surface area contributed by atoms with Crippen LogP contribution in [-0.4, -0.2) is 51.1 Å². The fourth-order valence-corrected chi connectivity index (χ4v) is 5.62. The molecule has 0 spiro atoms. The molecule has 1 aliphatic carbocycles. The number of carbonyl (C=O) groups is 3. The second kappa shape index (κ2) is 11.0. The fraction of sp³-hybridized carbons (Fsp3) is 0.458. The molecule has 2 amide bonds. The molecule has 4 rings (SSSR count). The molecule has 0 radical (unpaired) electrons. The maximum atomic E-state index is 13.7. The van der Waals surface area contributed by atoms with Crippen molar-refractivity contribution in [2.45, 2.75) is 51.6 Å². The van der Waals surface area contributed by atoms with Crippen LogP contribution in [0.2, 0.25) is 0 Å². The van der Waals surface area contributed by atoms with Crippen LogP contribution in [0.3, 0.4) is 0 Å². The quantitative estimate of drug-likeness (QED) is 0.218. The van der Waals surface area contributed by atoms with Gasteiger partial charge < -0.3 is 14.5 Å². The van der Waals surface area contributed by atoms with Gasteiger partial charge in [-0.2, -0.15) is 13.2 Å². The summed E-state index contributed by atoms with van der Waals surface area (Å²) in [6.07, 6.45) is 3.78. The van der Waals surface area contributed by atoms with Gasteiger partial charge in [-0.25, -0.2) is 8.42 Å². The van der Waals surface area contributed by atoms with E-state index in [0.29, 0.717) is 17.8 Å². The Labute approximate surface area is 233 Å². The Morgan fingerprint density at radius 2 is 1.31 bits per heavy atom. The first-order valence-electron chi connectivity index (χ1n) is 11.3. The molecule has 3 heterocycles. The van der Waals surface area contributed by atoms with E-state index in [4.69, 9.17) is 13.0 Å². The van der Waals surface area contributed by atoms with Crippen molar-refractivity contribution in [2.24, 2.45) is 16.2 Å². The van der Waals surface area contributed by atoms with Gasteiger partial charge in [-0.15, -0.1) is 0 Å². The maximum Gasteiger partial charge on any atom is 2.00 e. The zero-order chi connectivity index (χ0) is 28.7. The molecule has 1 unspecified atom stereocenters. The number of likely N-dealkylation sites (tertiary alicyclic amines) is 1. The van der Waals surface area contributed by atoms with E-state index in [1.807, 2.05) is 0 Å². The van der Waals surface area contributed by atoms with Crippen LogP contribution < -0.4 is 5.11 Å². The normalized spacial score (nSPS) is 26.8. The molecule has 39 heavy (non-hydrogen) atoms. The number of aromatic nitrogens is 2. The summed E-state index contributed by atoms with van der Waals surface area (Å²) in [5.41, 5.74) is -7.83. The SMILES string of the molecule is CC1(C(=O)[O-])C[C@@]2(C)C[C@@](C)(C1)C(=O)N(C(c1ccccn1)c1ccccn1)C2=O.O=S(=O)([O-])C(F)(F)F.[Fe+2]. The average Bonchev–Trinajstić information content (AvgIpc) is 2.80. The topological polar surface area (TPSA) is 160 Å². The third-order valence-electron chi connectivity index (χ3n) is 6.78. The van der Waals surface area contributed by atoms with E-state index in [-0.39, 0.29) is 29.9 Å². The monoisotopic (exact) mass is 611 g/mol. The first-order chi connectivity index (χ1) is 17.3. The van der Waals surface area contributed by atoms with Crippen LogP contribution in [0, 0.1) is 16.2 Å². The molecule has 1 saturated carbocycles. The van der Waals surface area contributed by atoms with Gasteiger partial charge in [0.1, 0.15) is 6.04 Å². The number of aliphatic carboxylic acids is 1. The first kappa shape index (κ1) is 32.3. The molecule has 3 atom stereocenters. The fourth-order valence-electron chi connectivity index (χ4n) is 5.62. The maximum absolute atomic E-state index is 13.7. The minimum atomic E-state index is -6.09. The van der Waals surface area contributed by atoms with Crippen molar-refractivity contribution in [3.8, 4) is 0 Å². The summed E-state index contributed by atoms with van der Waals surface area (Å²) in [6, 6.07) is 9.88. The zero-order valence-electron chi connectivity index (χ0n) is 20.9. The average molecular weight is 611 g/mol. The molecule has 2 aliphatic rings. The second-order valence-electron chi connectivity index (χ2n) is 10.3. The molecular formula is C24H24F3FeN3O7S. The van der Waals surface area contributed by atoms with Crippen LogP contribution in [0.15, 0.2) is 48.8 Å². The van der Waals surface area contributed by atoms with E-state index in [0.717, 1.165) is 0 Å². The van der Waals surface area contributed by atoms with Crippen molar-refractivity contribution in [1.29, 1.82) is 0 Å². The largest absolute Gasteiger partial charge is 2.00 e. The Morgan fingerprint density at radius 3 is 1.59 bits per heavy atom. The molecule has 2 aromatic heterocycles. The standard InChI is InChI=1S/C23H25N3O4.CHF3O3S.Fe/c1-21-12-22(2,14-23(3,13-21)20(29)30)19(28)26(18(21)27)17(15-8-4-6-10-24-15)16-9-5-7-11-25-16;2-1(3,4)8(5,6)7;/h4-11,17H,12-14H2,1-3H3,(H,29,30);(H,5,6,7);/q;;+2/p-2/t21-,22+,23?;;. The molecule has 2 fully saturated rings. The van der Waals surface area contributed by atoms with Crippen molar-refractivity contribution in [2.75, 3.05) is 0 Å². The number of amides is 2. The van der Waals surface area contributed by atoms with Crippen molar-refractivity contribution < 1.29 is 62.7 Å². The smallest absolute Gasteiger partial charge is 0.741 e. The summed E-state index contributed by atoms with van der Waals surface area (Å²) in [4.78, 5) is 49.5. The predicted molar refractivity (Wildman–Crippen MR) is 121 cm³/mol. The Kier molecular flexibility index (Phi) is 9.08. The molecule has 15 heteroatoms. The summed E-state index contributed by atoms with van der Waals surface area (Å²) in [5.74, 6) is -2.00. The van der Waals surface area contributed by atoms with Gasteiger partial charge in [0.15, 0.2) is 10.1 Å². The number of carboxylic acid groups (broad SMARTS) is 1. The Morgan fingerprint density at radius 1 is 0.923 bits per heavy atom. The zero-order valence-corrected chi connectivity index (χ0v) is 22.8. The van der Waals surface area contributed by atoms with Gasteiger partial charge in [0.2, 0.25) is 11.8 Å². The van der Waals surface area contributed by atoms with E-state index in [1.165, 1.54) is 4.90 Å². The van der Waals surface area contributed by atoms with Crippen molar-refractivity contribution in [3.05, 3.63) is 60.2 Å². The number of hydrogen-bond donors (Lipinski definition) is 0. The predicted octanol–water partition coefficient (Wildman–Crippen LogP) is 1.94. The molecular weight excluding hydrogens is 587 g/mol. The number of alkyl halides is 3. The van der Waals surface area contributed by atoms with Crippen LogP contribution in [0.5, 0.6) is 0 Å². The molecule has 0 aromatic carbocycles. The van der Waals surface area contributed by atoms with Gasteiger partial charge in [-0.05, 0) is 43.5 Å². The minimum absolute atomic E-state index is 0. The van der Waals surface area contributed by atoms with E-state index < -0.39 is 55.7 Å². The first-order valence-corrected chi connectivity index (χ1v) is 12.7. The number of carbonyl (C=O) groups excluding carboxylic acids is 3. The molecule has 1 aliphatic heterocycles. The number of hydrogen-bond acceptors (Lipinski definition) is 9. The van der Waals surface area contributed by atoms with Crippen LogP contribution >= 0.6 is 0 Å². The van der Waals surface area contributed by atoms with Crippen LogP contribution in [0.25, 0.3) is 0 Å². The Bertz CT molecular complexity index is 1280. The van der Waals surface area contributed by atoms with Crippen LogP contribution in [0.1, 0.15) is 57.5 Å². The number of halogens is 3. The van der Waals surface area contributed by atoms with E-state index in [9.17, 15) is 32.7 Å². The summed E-state index contributed by atoms with van der Waals surface area (Å²) in [5, 5.41) is 11.9. The van der Waals surface area contributed by atoms with Gasteiger partial charge in [0.25, 0.3) is 0 Å². The number of rotatable bonds is 4. The molecule has 2 aromatic rings. The summed E-state index contributed by atoms with van der Waals surface area (Å²) < 4.78 is 58.9. The van der Waals surface area contributed by atoms with Crippen molar-refractivity contribution in [1.82, 2.24) is 14.9 Å². The van der Waals surface area contributed by atoms with Crippen molar-refractivity contribution >= 4 is 27.9 Å². The summed E-state index contributed by atoms with van der Waals surface area (Å²) in [7, 11) is -6.09. The number of piperidine rings is 1. The number of nitrogens with zero attached hydrogens (tertiary/aromatic N) is 3. The van der Waals surface area contributed by atoms with Crippen LogP contribution in [0.4, 0.5) is 13.2 Å². The number of pyridine rings is 2. The van der Waals surface area contributed by atoms with Gasteiger partial charge in [-0.1, -0.05) is 32.9 Å². The van der Waals surface area contributed by atoms with E-state index in [2.05, 4.69) is 9.97 Å². The molecule has 0 N–H and O–H groups in total. The molecule has 10 nitrogen and oxygen atoms in total. The van der Waals surface area contributed by atoms with Gasteiger partial charge in [0.05, 0.1) is 11.4 Å². The third-order valence-corrected chi connectivity index (χ3v) is 7.35. The number of carboxylic acids is 1. The second-order valence-corrected chi connectivity index (χ2v) is 11.7. The van der Waals surface area contributed by atoms with Gasteiger partial charge in [-0.3, -0.25) is 24.5 Å². The third kappa shape index (κ3) is 6.32. The van der Waals surface area contributed by atoms with Crippen LogP contribution in [-0.2, 0) is 41.6 Å². The molecule has 1 saturated heterocycles. The Hall–Kier alpha value is -2.87. The minimum Gasteiger partial charge on any atom is -0.741 e. The molecule has 212 valence electrons.